The van der Waals surface area contributed by atoms with Crippen molar-refractivity contribution >= 4 is 5.97 Å². The van der Waals surface area contributed by atoms with Gasteiger partial charge in [0.05, 0.1) is 0 Å². The van der Waals surface area contributed by atoms with Gasteiger partial charge in [-0.05, 0) is 31.6 Å². The summed E-state index contributed by atoms with van der Waals surface area (Å²) in [6, 6.07) is 0. The minimum atomic E-state index is -0.0951. The first-order valence-electron chi connectivity index (χ1n) is 6.71. The maximum absolute atomic E-state index is 11.6. The highest BCUT2D eigenvalue weighted by Crippen LogP contribution is 2.28. The van der Waals surface area contributed by atoms with Crippen molar-refractivity contribution in [2.45, 2.75) is 57.5 Å². The zero-order valence-electron chi connectivity index (χ0n) is 10.7. The Morgan fingerprint density at radius 1 is 1.29 bits per heavy atom. The minimum absolute atomic E-state index is 0.0773. The number of carbonyl (C=O) groups excluding carboxylic acids is 1. The van der Waals surface area contributed by atoms with Gasteiger partial charge in [0.1, 0.15) is 6.10 Å². The van der Waals surface area contributed by atoms with E-state index in [1.165, 1.54) is 19.3 Å². The van der Waals surface area contributed by atoms with Crippen molar-refractivity contribution in [2.24, 2.45) is 5.92 Å². The summed E-state index contributed by atoms with van der Waals surface area (Å²) in [4.78, 5) is 11.6. The second-order valence-electron chi connectivity index (χ2n) is 4.77. The van der Waals surface area contributed by atoms with Crippen molar-refractivity contribution in [1.82, 2.24) is 0 Å². The number of carbonyl (C=O) groups is 1. The number of allylic oxidation sites excluding steroid dienone is 1. The fraction of sp³-hybridized carbons (Fsp3) is 0.667. The van der Waals surface area contributed by atoms with E-state index in [9.17, 15) is 4.79 Å². The first-order chi connectivity index (χ1) is 8.27. The van der Waals surface area contributed by atoms with E-state index in [-0.39, 0.29) is 12.1 Å². The molecule has 1 atom stereocenters. The zero-order chi connectivity index (χ0) is 12.5. The Morgan fingerprint density at radius 3 is 2.59 bits per heavy atom. The monoisotopic (exact) mass is 236 g/mol. The normalized spacial score (nSPS) is 18.4. The summed E-state index contributed by atoms with van der Waals surface area (Å²) in [7, 11) is 0. The Labute approximate surface area is 105 Å². The first kappa shape index (κ1) is 14.0. The summed E-state index contributed by atoms with van der Waals surface area (Å²) < 4.78 is 5.49. The van der Waals surface area contributed by atoms with E-state index in [0.29, 0.717) is 12.3 Å². The molecule has 0 unspecified atom stereocenters. The molecule has 1 fully saturated rings. The largest absolute Gasteiger partial charge is 0.458 e. The number of hydrogen-bond acceptors (Lipinski definition) is 2. The molecule has 0 N–H and O–H groups in total. The predicted octanol–water partition coefficient (Wildman–Crippen LogP) is 4.02. The average Bonchev–Trinajstić information content (AvgIpc) is 2.37. The number of ether oxygens (including phenoxy) is 1. The van der Waals surface area contributed by atoms with E-state index >= 15 is 0 Å². The molecule has 0 amide bonds. The third-order valence-electron chi connectivity index (χ3n) is 3.40. The lowest BCUT2D eigenvalue weighted by Gasteiger charge is -2.27. The highest BCUT2D eigenvalue weighted by Gasteiger charge is 2.24. The van der Waals surface area contributed by atoms with Gasteiger partial charge in [-0.3, -0.25) is 4.79 Å². The molecule has 0 saturated heterocycles. The lowest BCUT2D eigenvalue weighted by Crippen LogP contribution is -2.26. The summed E-state index contributed by atoms with van der Waals surface area (Å²) in [5.74, 6) is 0.395. The molecule has 1 rings (SSSR count). The smallest absolute Gasteiger partial charge is 0.306 e. The van der Waals surface area contributed by atoms with Gasteiger partial charge >= 0.3 is 5.97 Å². The van der Waals surface area contributed by atoms with E-state index < -0.39 is 0 Å². The second-order valence-corrected chi connectivity index (χ2v) is 4.77. The van der Waals surface area contributed by atoms with Crippen LogP contribution in [0, 0.1) is 5.92 Å². The van der Waals surface area contributed by atoms with E-state index in [1.807, 2.05) is 6.08 Å². The minimum Gasteiger partial charge on any atom is -0.458 e. The van der Waals surface area contributed by atoms with E-state index in [0.717, 1.165) is 25.7 Å². The molecular weight excluding hydrogens is 212 g/mol. The fourth-order valence-corrected chi connectivity index (χ4v) is 2.40. The van der Waals surface area contributed by atoms with Gasteiger partial charge in [0.15, 0.2) is 0 Å². The molecule has 0 aromatic heterocycles. The standard InChI is InChI=1S/C15H24O2/c1-3-5-7-12-15(16)17-14(4-2)13-10-8-6-9-11-13/h3-4,13-14H,1-2,5-12H2/t14-/m1/s1. The summed E-state index contributed by atoms with van der Waals surface area (Å²) in [6.07, 6.45) is 11.9. The second kappa shape index (κ2) is 8.10. The molecule has 0 heterocycles. The molecule has 0 radical (unpaired) electrons. The maximum atomic E-state index is 11.6. The van der Waals surface area contributed by atoms with Crippen molar-refractivity contribution in [2.75, 3.05) is 0 Å². The quantitative estimate of drug-likeness (QED) is 0.379. The van der Waals surface area contributed by atoms with E-state index in [2.05, 4.69) is 13.2 Å². The zero-order valence-corrected chi connectivity index (χ0v) is 10.7. The molecular formula is C15H24O2. The van der Waals surface area contributed by atoms with Crippen molar-refractivity contribution in [3.05, 3.63) is 25.3 Å². The third kappa shape index (κ3) is 5.20. The van der Waals surface area contributed by atoms with Crippen LogP contribution < -0.4 is 0 Å². The first-order valence-corrected chi connectivity index (χ1v) is 6.71. The molecule has 1 aliphatic carbocycles. The lowest BCUT2D eigenvalue weighted by atomic mass is 9.85. The third-order valence-corrected chi connectivity index (χ3v) is 3.40. The molecule has 1 aliphatic rings. The molecule has 0 spiro atoms. The van der Waals surface area contributed by atoms with Crippen molar-refractivity contribution < 1.29 is 9.53 Å². The summed E-state index contributed by atoms with van der Waals surface area (Å²) in [5, 5.41) is 0. The number of rotatable bonds is 7. The topological polar surface area (TPSA) is 26.3 Å². The highest BCUT2D eigenvalue weighted by molar-refractivity contribution is 5.69. The van der Waals surface area contributed by atoms with Gasteiger partial charge in [-0.25, -0.2) is 0 Å². The van der Waals surface area contributed by atoms with Gasteiger partial charge < -0.3 is 4.74 Å². The molecule has 0 aliphatic heterocycles. The molecule has 0 aromatic rings. The van der Waals surface area contributed by atoms with Crippen LogP contribution in [0.4, 0.5) is 0 Å². The van der Waals surface area contributed by atoms with Crippen molar-refractivity contribution in [3.63, 3.8) is 0 Å². The van der Waals surface area contributed by atoms with Crippen molar-refractivity contribution in [3.8, 4) is 0 Å². The predicted molar refractivity (Wildman–Crippen MR) is 70.7 cm³/mol. The highest BCUT2D eigenvalue weighted by atomic mass is 16.5. The summed E-state index contributed by atoms with van der Waals surface area (Å²) in [6.45, 7) is 7.43. The van der Waals surface area contributed by atoms with Gasteiger partial charge in [-0.1, -0.05) is 38.0 Å². The lowest BCUT2D eigenvalue weighted by molar-refractivity contribution is -0.149. The van der Waals surface area contributed by atoms with Crippen LogP contribution in [-0.4, -0.2) is 12.1 Å². The van der Waals surface area contributed by atoms with Crippen LogP contribution in [0.25, 0.3) is 0 Å². The van der Waals surface area contributed by atoms with Crippen molar-refractivity contribution in [1.29, 1.82) is 0 Å². The van der Waals surface area contributed by atoms with Crippen LogP contribution in [0.5, 0.6) is 0 Å². The molecule has 2 nitrogen and oxygen atoms in total. The van der Waals surface area contributed by atoms with E-state index in [4.69, 9.17) is 4.74 Å². The Bertz CT molecular complexity index is 252. The molecule has 1 saturated carbocycles. The van der Waals surface area contributed by atoms with Crippen LogP contribution in [-0.2, 0) is 9.53 Å². The number of hydrogen-bond donors (Lipinski definition) is 0. The summed E-state index contributed by atoms with van der Waals surface area (Å²) in [5.41, 5.74) is 0. The number of esters is 1. The molecule has 0 bridgehead atoms. The molecule has 2 heteroatoms. The molecule has 96 valence electrons. The number of unbranched alkanes of at least 4 members (excludes halogenated alkanes) is 1. The average molecular weight is 236 g/mol. The molecule has 17 heavy (non-hydrogen) atoms. The van der Waals surface area contributed by atoms with Gasteiger partial charge in [-0.15, -0.1) is 6.58 Å². The Kier molecular flexibility index (Phi) is 6.68. The van der Waals surface area contributed by atoms with Crippen LogP contribution in [0.1, 0.15) is 51.4 Å². The maximum Gasteiger partial charge on any atom is 0.306 e. The van der Waals surface area contributed by atoms with Crippen LogP contribution >= 0.6 is 0 Å². The SMILES string of the molecule is C=CCCCC(=O)O[C@H](C=C)C1CCCCC1. The van der Waals surface area contributed by atoms with Crippen LogP contribution in [0.2, 0.25) is 0 Å². The Balaban J connectivity index is 2.31. The van der Waals surface area contributed by atoms with Gasteiger partial charge in [0.25, 0.3) is 0 Å². The van der Waals surface area contributed by atoms with E-state index in [1.54, 1.807) is 6.08 Å². The molecule has 0 aromatic carbocycles. The Hall–Kier alpha value is -1.05. The van der Waals surface area contributed by atoms with Gasteiger partial charge in [0, 0.05) is 6.42 Å². The van der Waals surface area contributed by atoms with Gasteiger partial charge in [0.2, 0.25) is 0 Å². The fourth-order valence-electron chi connectivity index (χ4n) is 2.40. The van der Waals surface area contributed by atoms with Crippen LogP contribution in [0.3, 0.4) is 0 Å². The van der Waals surface area contributed by atoms with Crippen LogP contribution in [0.15, 0.2) is 25.3 Å². The summed E-state index contributed by atoms with van der Waals surface area (Å²) >= 11 is 0. The Morgan fingerprint density at radius 2 is 2.00 bits per heavy atom. The van der Waals surface area contributed by atoms with Gasteiger partial charge in [-0.2, -0.15) is 0 Å².